The molecule has 0 unspecified atom stereocenters. The Kier molecular flexibility index (Phi) is 8.36. The van der Waals surface area contributed by atoms with Crippen LogP contribution in [0.15, 0.2) is 188 Å². The minimum atomic E-state index is 0.641. The maximum atomic E-state index is 10.2. The summed E-state index contributed by atoms with van der Waals surface area (Å²) < 4.78 is 0. The lowest BCUT2D eigenvalue weighted by Crippen LogP contribution is -1.99. The maximum Gasteiger partial charge on any atom is 0.160 e. The van der Waals surface area contributed by atoms with E-state index in [1.54, 1.807) is 0 Å². The lowest BCUT2D eigenvalue weighted by atomic mass is 9.90. The van der Waals surface area contributed by atoms with Crippen LogP contribution in [-0.2, 0) is 0 Å². The van der Waals surface area contributed by atoms with Gasteiger partial charge in [0.25, 0.3) is 0 Å². The van der Waals surface area contributed by atoms with Crippen LogP contribution in [0.2, 0.25) is 0 Å². The first kappa shape index (κ1) is 33.2. The fourth-order valence-corrected chi connectivity index (χ4v) is 8.01. The van der Waals surface area contributed by atoms with Gasteiger partial charge in [-0.25, -0.2) is 9.97 Å². The number of hydrogen-bond donors (Lipinski definition) is 0. The van der Waals surface area contributed by atoms with Crippen molar-refractivity contribution in [3.8, 4) is 62.0 Å². The molecule has 8 aromatic carbocycles. The Hall–Kier alpha value is -7.41. The molecular weight excluding hydrogens is 679 g/mol. The largest absolute Gasteiger partial charge is 0.228 e. The number of aromatic nitrogens is 2. The monoisotopic (exact) mass is 713 g/mol. The molecule has 9 aromatic rings. The van der Waals surface area contributed by atoms with E-state index in [9.17, 15) is 5.26 Å². The SMILES string of the molecule is N#Cc1cc(-c2ccc3ccc(-c4ccc(-c5cc(-c6ccccc6)nc(C6=CCCC=C6)n5)cc4)cc3c2)cc(-c2cc3ccccc3c3ccccc23)c1. The van der Waals surface area contributed by atoms with Gasteiger partial charge >= 0.3 is 0 Å². The van der Waals surface area contributed by atoms with Crippen LogP contribution in [-0.4, -0.2) is 9.97 Å². The zero-order valence-electron chi connectivity index (χ0n) is 30.7. The van der Waals surface area contributed by atoms with Crippen molar-refractivity contribution in [1.29, 1.82) is 5.26 Å². The van der Waals surface area contributed by atoms with Crippen molar-refractivity contribution in [2.45, 2.75) is 12.8 Å². The Balaban J connectivity index is 1.01. The molecule has 0 spiro atoms. The van der Waals surface area contributed by atoms with Gasteiger partial charge in [0.2, 0.25) is 0 Å². The number of benzene rings is 8. The smallest absolute Gasteiger partial charge is 0.160 e. The summed E-state index contributed by atoms with van der Waals surface area (Å²) >= 11 is 0. The highest BCUT2D eigenvalue weighted by molar-refractivity contribution is 6.14. The van der Waals surface area contributed by atoms with Crippen molar-refractivity contribution in [3.05, 3.63) is 199 Å². The highest BCUT2D eigenvalue weighted by Gasteiger charge is 2.14. The summed E-state index contributed by atoms with van der Waals surface area (Å²) in [5, 5.41) is 17.3. The van der Waals surface area contributed by atoms with Gasteiger partial charge in [-0.1, -0.05) is 146 Å². The van der Waals surface area contributed by atoms with Gasteiger partial charge in [-0.3, -0.25) is 0 Å². The highest BCUT2D eigenvalue weighted by atomic mass is 14.9. The average Bonchev–Trinajstić information content (AvgIpc) is 3.28. The number of nitriles is 1. The Morgan fingerprint density at radius 1 is 0.429 bits per heavy atom. The molecule has 1 aliphatic carbocycles. The van der Waals surface area contributed by atoms with Gasteiger partial charge in [0.1, 0.15) is 0 Å². The molecule has 0 atom stereocenters. The molecule has 0 aliphatic heterocycles. The van der Waals surface area contributed by atoms with Crippen molar-refractivity contribution in [2.75, 3.05) is 0 Å². The Morgan fingerprint density at radius 2 is 1.05 bits per heavy atom. The summed E-state index contributed by atoms with van der Waals surface area (Å²) in [7, 11) is 0. The molecule has 0 saturated carbocycles. The van der Waals surface area contributed by atoms with Crippen LogP contribution in [0.5, 0.6) is 0 Å². The normalized spacial score (nSPS) is 12.5. The number of allylic oxidation sites excluding steroid dienone is 4. The van der Waals surface area contributed by atoms with Crippen LogP contribution < -0.4 is 0 Å². The van der Waals surface area contributed by atoms with Crippen molar-refractivity contribution < 1.29 is 0 Å². The summed E-state index contributed by atoms with van der Waals surface area (Å²) in [6.07, 6.45) is 8.61. The van der Waals surface area contributed by atoms with Gasteiger partial charge in [0.15, 0.2) is 5.82 Å². The van der Waals surface area contributed by atoms with Crippen LogP contribution in [0.4, 0.5) is 0 Å². The lowest BCUT2D eigenvalue weighted by Gasteiger charge is -2.13. The maximum absolute atomic E-state index is 10.2. The molecule has 0 bridgehead atoms. The summed E-state index contributed by atoms with van der Waals surface area (Å²) in [5.41, 5.74) is 12.2. The van der Waals surface area contributed by atoms with Gasteiger partial charge in [-0.15, -0.1) is 0 Å². The Labute approximate surface area is 326 Å². The fraction of sp³-hybridized carbons (Fsp3) is 0.0377. The second-order valence-electron chi connectivity index (χ2n) is 14.4. The molecule has 1 aromatic heterocycles. The molecular formula is C53H35N3. The number of rotatable bonds is 6. The summed E-state index contributed by atoms with van der Waals surface area (Å²) in [6, 6.07) is 62.3. The van der Waals surface area contributed by atoms with Crippen LogP contribution in [0.3, 0.4) is 0 Å². The minimum absolute atomic E-state index is 0.641. The summed E-state index contributed by atoms with van der Waals surface area (Å²) in [5.74, 6) is 0.754. The highest BCUT2D eigenvalue weighted by Crippen LogP contribution is 2.38. The van der Waals surface area contributed by atoms with Crippen LogP contribution in [0, 0.1) is 11.3 Å². The van der Waals surface area contributed by atoms with E-state index in [4.69, 9.17) is 9.97 Å². The Bertz CT molecular complexity index is 3070. The molecule has 10 rings (SSSR count). The number of fused-ring (bicyclic) bond motifs is 4. The van der Waals surface area contributed by atoms with E-state index >= 15 is 0 Å². The molecule has 1 aliphatic rings. The first-order chi connectivity index (χ1) is 27.7. The molecule has 3 heteroatoms. The fourth-order valence-electron chi connectivity index (χ4n) is 8.01. The van der Waals surface area contributed by atoms with E-state index in [1.165, 1.54) is 26.9 Å². The van der Waals surface area contributed by atoms with Gasteiger partial charge in [0.05, 0.1) is 23.0 Å². The average molecular weight is 714 g/mol. The third-order valence-electron chi connectivity index (χ3n) is 10.9. The molecule has 262 valence electrons. The third kappa shape index (κ3) is 6.24. The van der Waals surface area contributed by atoms with E-state index in [1.807, 2.05) is 30.3 Å². The summed E-state index contributed by atoms with van der Waals surface area (Å²) in [6.45, 7) is 0. The molecule has 0 saturated heterocycles. The van der Waals surface area contributed by atoms with Crippen molar-refractivity contribution >= 4 is 37.9 Å². The van der Waals surface area contributed by atoms with E-state index in [2.05, 4.69) is 164 Å². The molecule has 0 amide bonds. The molecule has 1 heterocycles. The van der Waals surface area contributed by atoms with Gasteiger partial charge in [-0.2, -0.15) is 5.26 Å². The molecule has 0 fully saturated rings. The van der Waals surface area contributed by atoms with Crippen molar-refractivity contribution in [2.24, 2.45) is 0 Å². The predicted octanol–water partition coefficient (Wildman–Crippen LogP) is 13.9. The van der Waals surface area contributed by atoms with Crippen LogP contribution in [0.25, 0.3) is 93.8 Å². The minimum Gasteiger partial charge on any atom is -0.228 e. The van der Waals surface area contributed by atoms with Crippen LogP contribution in [0.1, 0.15) is 24.2 Å². The van der Waals surface area contributed by atoms with Crippen LogP contribution >= 0.6 is 0 Å². The topological polar surface area (TPSA) is 49.6 Å². The third-order valence-corrected chi connectivity index (χ3v) is 10.9. The van der Waals surface area contributed by atoms with E-state index < -0.39 is 0 Å². The summed E-state index contributed by atoms with van der Waals surface area (Å²) in [4.78, 5) is 10.0. The lowest BCUT2D eigenvalue weighted by molar-refractivity contribution is 1.03. The van der Waals surface area contributed by atoms with Gasteiger partial charge in [-0.05, 0) is 121 Å². The molecule has 3 nitrogen and oxygen atoms in total. The Morgan fingerprint density at radius 3 is 1.79 bits per heavy atom. The predicted molar refractivity (Wildman–Crippen MR) is 233 cm³/mol. The first-order valence-corrected chi connectivity index (χ1v) is 19.1. The zero-order valence-corrected chi connectivity index (χ0v) is 30.7. The van der Waals surface area contributed by atoms with Crippen molar-refractivity contribution in [3.63, 3.8) is 0 Å². The first-order valence-electron chi connectivity index (χ1n) is 19.1. The molecule has 0 N–H and O–H groups in total. The van der Waals surface area contributed by atoms with E-state index in [-0.39, 0.29) is 0 Å². The second kappa shape index (κ2) is 14.1. The molecule has 0 radical (unpaired) electrons. The molecule has 56 heavy (non-hydrogen) atoms. The van der Waals surface area contributed by atoms with E-state index in [0.717, 1.165) is 85.5 Å². The zero-order chi connectivity index (χ0) is 37.4. The van der Waals surface area contributed by atoms with Gasteiger partial charge in [0, 0.05) is 16.7 Å². The number of nitrogens with zero attached hydrogens (tertiary/aromatic N) is 3. The van der Waals surface area contributed by atoms with Gasteiger partial charge < -0.3 is 0 Å². The number of hydrogen-bond acceptors (Lipinski definition) is 3. The van der Waals surface area contributed by atoms with E-state index in [0.29, 0.717) is 5.56 Å². The standard InChI is InChI=1S/C53H35N3/c54-34-35-27-44(31-46(28-35)50-32-43-15-7-8-16-47(43)48-17-9-10-18-49(48)50)42-26-22-37-21-25-41(29-45(37)30-42)36-19-23-39(24-20-36)52-33-51(38-11-3-1-4-12-38)55-53(56-52)40-13-5-2-6-14-40/h1,3-5,7-33H,2,6H2. The van der Waals surface area contributed by atoms with Crippen molar-refractivity contribution in [1.82, 2.24) is 9.97 Å². The second-order valence-corrected chi connectivity index (χ2v) is 14.4. The quantitative estimate of drug-likeness (QED) is 0.161.